The van der Waals surface area contributed by atoms with E-state index in [0.29, 0.717) is 0 Å². The molecule has 0 heterocycles. The lowest BCUT2D eigenvalue weighted by Gasteiger charge is -2.45. The highest BCUT2D eigenvalue weighted by atomic mass is 79.9. The number of benzene rings is 1. The maximum Gasteiger partial charge on any atom is 0.0175 e. The van der Waals surface area contributed by atoms with Crippen molar-refractivity contribution in [3.8, 4) is 0 Å². The van der Waals surface area contributed by atoms with E-state index in [9.17, 15) is 0 Å². The van der Waals surface area contributed by atoms with Crippen molar-refractivity contribution in [2.75, 3.05) is 7.05 Å². The topological polar surface area (TPSA) is 12.0 Å². The molecule has 1 nitrogen and oxygen atoms in total. The molecule has 1 aromatic rings. The number of rotatable bonds is 3. The number of hydrogen-bond acceptors (Lipinski definition) is 1. The third kappa shape index (κ3) is 2.11. The Morgan fingerprint density at radius 3 is 2.53 bits per heavy atom. The quantitative estimate of drug-likeness (QED) is 0.884. The van der Waals surface area contributed by atoms with Crippen LogP contribution in [0.3, 0.4) is 0 Å². The summed E-state index contributed by atoms with van der Waals surface area (Å²) in [6.45, 7) is 2.29. The van der Waals surface area contributed by atoms with Crippen molar-refractivity contribution in [3.63, 3.8) is 0 Å². The zero-order valence-electron chi connectivity index (χ0n) is 9.33. The maximum absolute atomic E-state index is 3.48. The predicted molar refractivity (Wildman–Crippen MR) is 68.1 cm³/mol. The van der Waals surface area contributed by atoms with Gasteiger partial charge in [-0.3, -0.25) is 0 Å². The van der Waals surface area contributed by atoms with Gasteiger partial charge in [0, 0.05) is 10.5 Å². The molecule has 0 saturated heterocycles. The number of nitrogens with one attached hydrogen (secondary N) is 1. The van der Waals surface area contributed by atoms with Gasteiger partial charge in [0.15, 0.2) is 0 Å². The fourth-order valence-electron chi connectivity index (χ4n) is 2.70. The van der Waals surface area contributed by atoms with Crippen molar-refractivity contribution < 1.29 is 0 Å². The van der Waals surface area contributed by atoms with E-state index in [4.69, 9.17) is 0 Å². The fourth-order valence-corrected chi connectivity index (χ4v) is 2.97. The van der Waals surface area contributed by atoms with Crippen LogP contribution in [0.1, 0.15) is 31.2 Å². The van der Waals surface area contributed by atoms with Crippen LogP contribution < -0.4 is 5.32 Å². The van der Waals surface area contributed by atoms with E-state index < -0.39 is 0 Å². The molecular formula is C13H18BrN. The second-order valence-electron chi connectivity index (χ2n) is 4.36. The lowest BCUT2D eigenvalue weighted by Crippen LogP contribution is -2.47. The Morgan fingerprint density at radius 1 is 1.33 bits per heavy atom. The van der Waals surface area contributed by atoms with Crippen LogP contribution in [0.15, 0.2) is 28.7 Å². The Morgan fingerprint density at radius 2 is 2.00 bits per heavy atom. The largest absolute Gasteiger partial charge is 0.317 e. The first kappa shape index (κ1) is 11.2. The Labute approximate surface area is 100 Å². The highest BCUT2D eigenvalue weighted by Gasteiger charge is 2.39. The van der Waals surface area contributed by atoms with Crippen LogP contribution in [0.5, 0.6) is 0 Å². The van der Waals surface area contributed by atoms with Gasteiger partial charge in [0.2, 0.25) is 0 Å². The lowest BCUT2D eigenvalue weighted by atomic mass is 9.65. The van der Waals surface area contributed by atoms with E-state index in [1.807, 2.05) is 0 Å². The van der Waals surface area contributed by atoms with Crippen molar-refractivity contribution in [2.45, 2.75) is 31.7 Å². The molecule has 3 atom stereocenters. The van der Waals surface area contributed by atoms with Gasteiger partial charge < -0.3 is 5.32 Å². The summed E-state index contributed by atoms with van der Waals surface area (Å²) in [5, 5.41) is 3.40. The van der Waals surface area contributed by atoms with Crippen LogP contribution in [-0.4, -0.2) is 13.1 Å². The van der Waals surface area contributed by atoms with Gasteiger partial charge >= 0.3 is 0 Å². The zero-order valence-corrected chi connectivity index (χ0v) is 10.9. The van der Waals surface area contributed by atoms with Crippen molar-refractivity contribution >= 4 is 15.9 Å². The van der Waals surface area contributed by atoms with Crippen LogP contribution in [0.2, 0.25) is 0 Å². The molecule has 0 spiro atoms. The number of hydrogen-bond donors (Lipinski definition) is 1. The van der Waals surface area contributed by atoms with Crippen LogP contribution in [0.4, 0.5) is 0 Å². The van der Waals surface area contributed by atoms with Crippen LogP contribution in [0.25, 0.3) is 0 Å². The molecule has 3 unspecified atom stereocenters. The summed E-state index contributed by atoms with van der Waals surface area (Å²) in [7, 11) is 2.07. The molecule has 2 rings (SSSR count). The summed E-state index contributed by atoms with van der Waals surface area (Å²) in [6, 6.07) is 9.53. The molecule has 1 fully saturated rings. The molecule has 82 valence electrons. The minimum atomic E-state index is 0.726. The standard InChI is InChI=1S/C13H18BrN/c1-3-11-12(8-13(11)15-2)9-4-6-10(14)7-5-9/h4-7,11-13,15H,3,8H2,1-2H3. The van der Waals surface area contributed by atoms with Gasteiger partial charge in [-0.2, -0.15) is 0 Å². The Hall–Kier alpha value is -0.340. The van der Waals surface area contributed by atoms with Gasteiger partial charge in [-0.15, -0.1) is 0 Å². The van der Waals surface area contributed by atoms with Gasteiger partial charge in [-0.1, -0.05) is 41.4 Å². The molecule has 15 heavy (non-hydrogen) atoms. The van der Waals surface area contributed by atoms with E-state index in [1.54, 1.807) is 0 Å². The van der Waals surface area contributed by atoms with Gasteiger partial charge in [-0.25, -0.2) is 0 Å². The SMILES string of the molecule is CCC1C(NC)CC1c1ccc(Br)cc1. The van der Waals surface area contributed by atoms with Crippen LogP contribution >= 0.6 is 15.9 Å². The minimum Gasteiger partial charge on any atom is -0.317 e. The third-order valence-corrected chi connectivity index (χ3v) is 4.21. The first-order valence-corrected chi connectivity index (χ1v) is 6.48. The summed E-state index contributed by atoms with van der Waals surface area (Å²) in [4.78, 5) is 0. The molecule has 0 amide bonds. The molecule has 1 saturated carbocycles. The van der Waals surface area contributed by atoms with E-state index in [1.165, 1.54) is 22.9 Å². The second-order valence-corrected chi connectivity index (χ2v) is 5.28. The minimum absolute atomic E-state index is 0.726. The Bertz CT molecular complexity index is 320. The molecule has 1 aliphatic carbocycles. The number of halogens is 1. The van der Waals surface area contributed by atoms with Crippen LogP contribution in [-0.2, 0) is 0 Å². The first-order valence-electron chi connectivity index (χ1n) is 5.69. The van der Waals surface area contributed by atoms with Gasteiger partial charge in [0.05, 0.1) is 0 Å². The summed E-state index contributed by atoms with van der Waals surface area (Å²) in [5.41, 5.74) is 1.50. The van der Waals surface area contributed by atoms with Crippen molar-refractivity contribution in [1.82, 2.24) is 5.32 Å². The van der Waals surface area contributed by atoms with E-state index in [2.05, 4.69) is 59.5 Å². The highest BCUT2D eigenvalue weighted by molar-refractivity contribution is 9.10. The molecule has 0 radical (unpaired) electrons. The summed E-state index contributed by atoms with van der Waals surface area (Å²) in [5.74, 6) is 1.58. The molecule has 1 N–H and O–H groups in total. The monoisotopic (exact) mass is 267 g/mol. The van der Waals surface area contributed by atoms with Crippen molar-refractivity contribution in [1.29, 1.82) is 0 Å². The normalized spacial score (nSPS) is 29.9. The van der Waals surface area contributed by atoms with E-state index in [-0.39, 0.29) is 0 Å². The summed E-state index contributed by atoms with van der Waals surface area (Å²) in [6.07, 6.45) is 2.56. The highest BCUT2D eigenvalue weighted by Crippen LogP contribution is 2.44. The third-order valence-electron chi connectivity index (χ3n) is 3.68. The van der Waals surface area contributed by atoms with Gasteiger partial charge in [0.1, 0.15) is 0 Å². The maximum atomic E-state index is 3.48. The van der Waals surface area contributed by atoms with E-state index >= 15 is 0 Å². The average molecular weight is 268 g/mol. The molecule has 2 heteroatoms. The smallest absolute Gasteiger partial charge is 0.0175 e. The van der Waals surface area contributed by atoms with Crippen molar-refractivity contribution in [2.24, 2.45) is 5.92 Å². The predicted octanol–water partition coefficient (Wildman–Crippen LogP) is 3.55. The first-order chi connectivity index (χ1) is 7.26. The fraction of sp³-hybridized carbons (Fsp3) is 0.538. The average Bonchev–Trinajstić information content (AvgIpc) is 2.21. The zero-order chi connectivity index (χ0) is 10.8. The van der Waals surface area contributed by atoms with Crippen molar-refractivity contribution in [3.05, 3.63) is 34.3 Å². The Balaban J connectivity index is 2.09. The molecular weight excluding hydrogens is 250 g/mol. The summed E-state index contributed by atoms with van der Waals surface area (Å²) >= 11 is 3.48. The molecule has 1 aliphatic rings. The lowest BCUT2D eigenvalue weighted by molar-refractivity contribution is 0.169. The van der Waals surface area contributed by atoms with Crippen LogP contribution in [0, 0.1) is 5.92 Å². The van der Waals surface area contributed by atoms with E-state index in [0.717, 1.165) is 17.9 Å². The van der Waals surface area contributed by atoms with Gasteiger partial charge in [-0.05, 0) is 43.0 Å². The van der Waals surface area contributed by atoms with Gasteiger partial charge in [0.25, 0.3) is 0 Å². The Kier molecular flexibility index (Phi) is 3.47. The molecule has 0 bridgehead atoms. The molecule has 0 aromatic heterocycles. The second kappa shape index (κ2) is 4.67. The molecule has 0 aliphatic heterocycles. The summed E-state index contributed by atoms with van der Waals surface area (Å²) < 4.78 is 1.17. The molecule has 1 aromatic carbocycles.